The van der Waals surface area contributed by atoms with Gasteiger partial charge in [0.2, 0.25) is 11.4 Å². The number of fused-ring (bicyclic) bond motifs is 3. The van der Waals surface area contributed by atoms with E-state index in [1.54, 1.807) is 0 Å². The number of hydrogen-bond donors (Lipinski definition) is 0. The van der Waals surface area contributed by atoms with Crippen LogP contribution in [0.2, 0.25) is 0 Å². The van der Waals surface area contributed by atoms with Gasteiger partial charge in [-0.1, -0.05) is 55.8 Å². The molecule has 0 aliphatic heterocycles. The number of hydrogen-bond acceptors (Lipinski definition) is 2. The predicted molar refractivity (Wildman–Crippen MR) is 127 cm³/mol. The number of aryl methyl sites for hydroxylation is 3. The van der Waals surface area contributed by atoms with Crippen molar-refractivity contribution in [1.82, 2.24) is 4.98 Å². The molecule has 0 spiro atoms. The second kappa shape index (κ2) is 7.35. The number of aromatic nitrogens is 2. The van der Waals surface area contributed by atoms with Crippen molar-refractivity contribution in [2.24, 2.45) is 7.05 Å². The Labute approximate surface area is 183 Å². The molecule has 0 aliphatic rings. The van der Waals surface area contributed by atoms with Gasteiger partial charge in [0.15, 0.2) is 11.8 Å². The summed E-state index contributed by atoms with van der Waals surface area (Å²) in [7, 11) is 2.09. The zero-order valence-corrected chi connectivity index (χ0v) is 18.7. The number of furan rings is 1. The Kier molecular flexibility index (Phi) is 4.62. The lowest BCUT2D eigenvalue weighted by atomic mass is 9.97. The summed E-state index contributed by atoms with van der Waals surface area (Å²) in [6.45, 7) is 8.70. The van der Waals surface area contributed by atoms with Gasteiger partial charge in [-0.25, -0.2) is 9.55 Å². The first kappa shape index (κ1) is 19.5. The van der Waals surface area contributed by atoms with Crippen LogP contribution < -0.4 is 4.57 Å². The lowest BCUT2D eigenvalue weighted by Crippen LogP contribution is -2.31. The average Bonchev–Trinajstić information content (AvgIpc) is 3.12. The fraction of sp³-hybridized carbons (Fsp3) is 0.214. The molecule has 154 valence electrons. The standard InChI is InChI=1S/C28H27N2O/c1-17(2)21-14-15-30(5)25(16-21)26-19(4)8-11-22-23-12-13-24(29-28(23)31-27(22)26)20-9-6-18(3)7-10-20/h6-17H,1-5H3/q+1. The van der Waals surface area contributed by atoms with Crippen LogP contribution in [0.3, 0.4) is 0 Å². The molecule has 0 N–H and O–H groups in total. The summed E-state index contributed by atoms with van der Waals surface area (Å²) in [6, 6.07) is 21.5. The molecule has 3 heteroatoms. The van der Waals surface area contributed by atoms with E-state index in [0.717, 1.165) is 38.9 Å². The van der Waals surface area contributed by atoms with Crippen LogP contribution in [0.4, 0.5) is 0 Å². The molecular formula is C28H27N2O+. The third-order valence-corrected chi connectivity index (χ3v) is 6.16. The summed E-state index contributed by atoms with van der Waals surface area (Å²) in [4.78, 5) is 4.87. The molecule has 0 bridgehead atoms. The van der Waals surface area contributed by atoms with E-state index in [-0.39, 0.29) is 0 Å². The van der Waals surface area contributed by atoms with Gasteiger partial charge in [0, 0.05) is 28.5 Å². The Morgan fingerprint density at radius 1 is 0.871 bits per heavy atom. The molecule has 5 aromatic rings. The summed E-state index contributed by atoms with van der Waals surface area (Å²) in [5, 5.41) is 2.16. The van der Waals surface area contributed by atoms with Crippen molar-refractivity contribution < 1.29 is 8.98 Å². The van der Waals surface area contributed by atoms with Gasteiger partial charge in [-0.3, -0.25) is 0 Å². The SMILES string of the molecule is Cc1ccc(-c2ccc3c(n2)oc2c(-c4cc(C(C)C)cc[n+]4C)c(C)ccc23)cc1. The van der Waals surface area contributed by atoms with Crippen LogP contribution in [0.25, 0.3) is 44.6 Å². The molecule has 31 heavy (non-hydrogen) atoms. The first-order chi connectivity index (χ1) is 14.9. The van der Waals surface area contributed by atoms with E-state index in [4.69, 9.17) is 9.40 Å². The largest absolute Gasteiger partial charge is 0.437 e. The van der Waals surface area contributed by atoms with E-state index in [0.29, 0.717) is 11.6 Å². The molecule has 0 radical (unpaired) electrons. The molecule has 3 aromatic heterocycles. The van der Waals surface area contributed by atoms with Gasteiger partial charge < -0.3 is 4.42 Å². The highest BCUT2D eigenvalue weighted by Gasteiger charge is 2.22. The van der Waals surface area contributed by atoms with Crippen LogP contribution in [0, 0.1) is 13.8 Å². The van der Waals surface area contributed by atoms with Gasteiger partial charge in [0.25, 0.3) is 0 Å². The van der Waals surface area contributed by atoms with Gasteiger partial charge in [0.1, 0.15) is 7.05 Å². The highest BCUT2D eigenvalue weighted by molar-refractivity contribution is 6.09. The van der Waals surface area contributed by atoms with E-state index >= 15 is 0 Å². The topological polar surface area (TPSA) is 29.9 Å². The second-order valence-corrected chi connectivity index (χ2v) is 8.76. The third kappa shape index (κ3) is 3.31. The number of nitrogens with zero attached hydrogens (tertiary/aromatic N) is 2. The molecule has 5 rings (SSSR count). The van der Waals surface area contributed by atoms with Gasteiger partial charge >= 0.3 is 0 Å². The van der Waals surface area contributed by atoms with Crippen molar-refractivity contribution >= 4 is 22.1 Å². The zero-order valence-electron chi connectivity index (χ0n) is 18.7. The number of rotatable bonds is 3. The molecule has 0 saturated heterocycles. The van der Waals surface area contributed by atoms with Crippen molar-refractivity contribution in [3.63, 3.8) is 0 Å². The maximum Gasteiger partial charge on any atom is 0.227 e. The Morgan fingerprint density at radius 3 is 2.35 bits per heavy atom. The summed E-state index contributed by atoms with van der Waals surface area (Å²) in [6.07, 6.45) is 2.14. The quantitative estimate of drug-likeness (QED) is 0.305. The number of pyridine rings is 2. The minimum absolute atomic E-state index is 0.467. The van der Waals surface area contributed by atoms with E-state index in [1.807, 2.05) is 0 Å². The third-order valence-electron chi connectivity index (χ3n) is 6.16. The first-order valence-corrected chi connectivity index (χ1v) is 10.8. The molecule has 0 fully saturated rings. The lowest BCUT2D eigenvalue weighted by Gasteiger charge is -2.09. The van der Waals surface area contributed by atoms with Gasteiger partial charge in [-0.2, -0.15) is 0 Å². The summed E-state index contributed by atoms with van der Waals surface area (Å²) in [5.74, 6) is 0.467. The van der Waals surface area contributed by atoms with Crippen LogP contribution in [0.1, 0.15) is 36.5 Å². The minimum Gasteiger partial charge on any atom is -0.437 e. The van der Waals surface area contributed by atoms with Crippen molar-refractivity contribution in [3.05, 3.63) is 83.6 Å². The van der Waals surface area contributed by atoms with E-state index in [9.17, 15) is 0 Å². The van der Waals surface area contributed by atoms with Crippen LogP contribution >= 0.6 is 0 Å². The molecule has 3 nitrogen and oxygen atoms in total. The molecule has 0 saturated carbocycles. The molecule has 0 aliphatic carbocycles. The molecule has 2 aromatic carbocycles. The highest BCUT2D eigenvalue weighted by atomic mass is 16.3. The Hall–Kier alpha value is -3.46. The van der Waals surface area contributed by atoms with Crippen LogP contribution in [-0.4, -0.2) is 4.98 Å². The van der Waals surface area contributed by atoms with Crippen molar-refractivity contribution in [2.75, 3.05) is 0 Å². The monoisotopic (exact) mass is 407 g/mol. The zero-order chi connectivity index (χ0) is 21.7. The fourth-order valence-corrected chi connectivity index (χ4v) is 4.22. The Morgan fingerprint density at radius 2 is 1.61 bits per heavy atom. The minimum atomic E-state index is 0.467. The van der Waals surface area contributed by atoms with Crippen molar-refractivity contribution in [3.8, 4) is 22.5 Å². The maximum atomic E-state index is 6.44. The van der Waals surface area contributed by atoms with Crippen molar-refractivity contribution in [2.45, 2.75) is 33.6 Å². The first-order valence-electron chi connectivity index (χ1n) is 10.8. The maximum absolute atomic E-state index is 6.44. The van der Waals surface area contributed by atoms with Gasteiger partial charge in [0.05, 0.1) is 11.3 Å². The summed E-state index contributed by atoms with van der Waals surface area (Å²) < 4.78 is 8.61. The Balaban J connectivity index is 1.75. The Bertz CT molecular complexity index is 1430. The highest BCUT2D eigenvalue weighted by Crippen LogP contribution is 2.37. The van der Waals surface area contributed by atoms with Gasteiger partial charge in [-0.15, -0.1) is 0 Å². The summed E-state index contributed by atoms with van der Waals surface area (Å²) in [5.41, 5.74) is 9.66. The van der Waals surface area contributed by atoms with E-state index < -0.39 is 0 Å². The predicted octanol–water partition coefficient (Wildman–Crippen LogP) is 6.88. The molecule has 0 unspecified atom stereocenters. The van der Waals surface area contributed by atoms with Crippen LogP contribution in [0.15, 0.2) is 71.3 Å². The fourth-order valence-electron chi connectivity index (χ4n) is 4.22. The van der Waals surface area contributed by atoms with E-state index in [2.05, 4.69) is 106 Å². The molecule has 0 amide bonds. The van der Waals surface area contributed by atoms with Gasteiger partial charge in [-0.05, 0) is 43.0 Å². The van der Waals surface area contributed by atoms with Crippen LogP contribution in [0.5, 0.6) is 0 Å². The average molecular weight is 408 g/mol. The second-order valence-electron chi connectivity index (χ2n) is 8.76. The smallest absolute Gasteiger partial charge is 0.227 e. The molecule has 0 atom stereocenters. The van der Waals surface area contributed by atoms with Crippen molar-refractivity contribution in [1.29, 1.82) is 0 Å². The van der Waals surface area contributed by atoms with E-state index in [1.165, 1.54) is 16.7 Å². The molecule has 3 heterocycles. The lowest BCUT2D eigenvalue weighted by molar-refractivity contribution is -0.660. The van der Waals surface area contributed by atoms with Crippen LogP contribution in [-0.2, 0) is 7.05 Å². The number of benzene rings is 2. The molecular weight excluding hydrogens is 380 g/mol. The summed E-state index contributed by atoms with van der Waals surface area (Å²) >= 11 is 0. The normalized spacial score (nSPS) is 11.7.